The molecule has 17 heavy (non-hydrogen) atoms. The molecule has 92 valence electrons. The van der Waals surface area contributed by atoms with Crippen LogP contribution in [0.25, 0.3) is 0 Å². The molecule has 1 aromatic rings. The Kier molecular flexibility index (Phi) is 4.44. The highest BCUT2D eigenvalue weighted by Crippen LogP contribution is 2.13. The molecular weight excluding hydrogens is 212 g/mol. The van der Waals surface area contributed by atoms with Crippen molar-refractivity contribution in [2.75, 3.05) is 6.61 Å². The molecule has 1 rings (SSSR count). The lowest BCUT2D eigenvalue weighted by Gasteiger charge is -2.20. The van der Waals surface area contributed by atoms with Crippen LogP contribution in [-0.2, 0) is 0 Å². The predicted molar refractivity (Wildman–Crippen MR) is 68.3 cm³/mol. The number of benzene rings is 1. The van der Waals surface area contributed by atoms with Gasteiger partial charge in [0.25, 0.3) is 0 Å². The van der Waals surface area contributed by atoms with Crippen molar-refractivity contribution in [3.05, 3.63) is 35.9 Å². The van der Waals surface area contributed by atoms with Crippen LogP contribution in [0.3, 0.4) is 0 Å². The van der Waals surface area contributed by atoms with Gasteiger partial charge >= 0.3 is 0 Å². The average molecular weight is 235 g/mol. The summed E-state index contributed by atoms with van der Waals surface area (Å²) in [7, 11) is 0. The summed E-state index contributed by atoms with van der Waals surface area (Å²) >= 11 is 0. The van der Waals surface area contributed by atoms with E-state index in [0.717, 1.165) is 5.56 Å². The Hall–Kier alpha value is -1.37. The number of hydrogen-bond donors (Lipinski definition) is 2. The van der Waals surface area contributed by atoms with Crippen LogP contribution < -0.4 is 5.32 Å². The molecule has 0 heterocycles. The lowest BCUT2D eigenvalue weighted by molar-refractivity contribution is 0.237. The van der Waals surface area contributed by atoms with E-state index in [4.69, 9.17) is 9.37 Å². The van der Waals surface area contributed by atoms with Crippen molar-refractivity contribution in [3.8, 4) is 6.07 Å². The fourth-order valence-electron chi connectivity index (χ4n) is 1.51. The zero-order valence-electron chi connectivity index (χ0n) is 12.9. The van der Waals surface area contributed by atoms with Gasteiger partial charge < -0.3 is 5.11 Å². The van der Waals surface area contributed by atoms with E-state index in [1.807, 2.05) is 36.4 Å². The van der Waals surface area contributed by atoms with Crippen LogP contribution in [0.2, 0.25) is 0 Å². The van der Waals surface area contributed by atoms with E-state index in [2.05, 4.69) is 5.32 Å². The first kappa shape index (κ1) is 9.64. The minimum atomic E-state index is -1.04. The molecule has 2 N–H and O–H groups in total. The summed E-state index contributed by atoms with van der Waals surface area (Å²) in [5.41, 5.74) is 0.822. The van der Waals surface area contributed by atoms with E-state index in [1.165, 1.54) is 6.92 Å². The van der Waals surface area contributed by atoms with Crippen LogP contribution in [0, 0.1) is 11.3 Å². The molecule has 0 saturated carbocycles. The van der Waals surface area contributed by atoms with Gasteiger partial charge in [0.15, 0.2) is 0 Å². The first-order chi connectivity index (χ1) is 9.51. The summed E-state index contributed by atoms with van der Waals surface area (Å²) in [5, 5.41) is 21.5. The van der Waals surface area contributed by atoms with Crippen molar-refractivity contribution in [1.29, 1.82) is 5.26 Å². The summed E-state index contributed by atoms with van der Waals surface area (Å²) in [6.45, 7) is 1.34. The maximum Gasteiger partial charge on any atom is 0.0958 e. The van der Waals surface area contributed by atoms with Crippen molar-refractivity contribution in [2.45, 2.75) is 38.2 Å². The van der Waals surface area contributed by atoms with E-state index in [-0.39, 0.29) is 6.61 Å². The molecule has 3 heteroatoms. The average Bonchev–Trinajstić information content (AvgIpc) is 2.48. The van der Waals surface area contributed by atoms with Gasteiger partial charge in [-0.05, 0) is 12.0 Å². The summed E-state index contributed by atoms with van der Waals surface area (Å²) in [6.07, 6.45) is -2.74. The Balaban J connectivity index is 2.79. The van der Waals surface area contributed by atoms with E-state index in [0.29, 0.717) is 0 Å². The SMILES string of the molecule is [2H][C@H]([C@@H]([2H])[C@@H](C#N)N[C@@H](CO)c1ccccc1)[C@H]([2H])C. The zero-order chi connectivity index (χ0) is 15.1. The van der Waals surface area contributed by atoms with E-state index >= 15 is 0 Å². The fraction of sp³-hybridized carbons (Fsp3) is 0.500. The Labute approximate surface area is 107 Å². The molecular formula is C14H20N2O. The third-order valence-electron chi connectivity index (χ3n) is 2.40. The van der Waals surface area contributed by atoms with Crippen molar-refractivity contribution in [3.63, 3.8) is 0 Å². The van der Waals surface area contributed by atoms with Crippen molar-refractivity contribution < 1.29 is 9.22 Å². The summed E-state index contributed by atoms with van der Waals surface area (Å²) < 4.78 is 23.1. The lowest BCUT2D eigenvalue weighted by atomic mass is 10.0. The molecule has 0 radical (unpaired) electrons. The maximum absolute atomic E-state index is 9.44. The molecule has 3 nitrogen and oxygen atoms in total. The van der Waals surface area contributed by atoms with Gasteiger partial charge in [-0.25, -0.2) is 0 Å². The smallest absolute Gasteiger partial charge is 0.0958 e. The molecule has 0 unspecified atom stereocenters. The minimum Gasteiger partial charge on any atom is -0.394 e. The molecule has 0 fully saturated rings. The van der Waals surface area contributed by atoms with E-state index in [1.54, 1.807) is 0 Å². The highest BCUT2D eigenvalue weighted by Gasteiger charge is 2.15. The number of nitrogens with zero attached hydrogens (tertiary/aromatic N) is 1. The quantitative estimate of drug-likeness (QED) is 0.763. The second-order valence-corrected chi connectivity index (χ2v) is 3.64. The largest absolute Gasteiger partial charge is 0.394 e. The molecule has 0 amide bonds. The molecule has 0 spiro atoms. The molecule has 0 saturated heterocycles. The number of hydrogen-bond acceptors (Lipinski definition) is 3. The van der Waals surface area contributed by atoms with Crippen LogP contribution in [-0.4, -0.2) is 17.8 Å². The van der Waals surface area contributed by atoms with Gasteiger partial charge in [0.2, 0.25) is 0 Å². The highest BCUT2D eigenvalue weighted by atomic mass is 16.3. The highest BCUT2D eigenvalue weighted by molar-refractivity contribution is 5.19. The second-order valence-electron chi connectivity index (χ2n) is 3.64. The Morgan fingerprint density at radius 1 is 1.47 bits per heavy atom. The van der Waals surface area contributed by atoms with Gasteiger partial charge in [-0.1, -0.05) is 50.0 Å². The van der Waals surface area contributed by atoms with Crippen molar-refractivity contribution >= 4 is 0 Å². The fourth-order valence-corrected chi connectivity index (χ4v) is 1.51. The summed E-state index contributed by atoms with van der Waals surface area (Å²) in [6, 6.07) is 9.77. The van der Waals surface area contributed by atoms with E-state index < -0.39 is 31.3 Å². The van der Waals surface area contributed by atoms with Gasteiger partial charge in [-0.2, -0.15) is 5.26 Å². The van der Waals surface area contributed by atoms with Crippen LogP contribution in [0.5, 0.6) is 0 Å². The summed E-state index contributed by atoms with van der Waals surface area (Å²) in [4.78, 5) is 0. The molecule has 1 aromatic carbocycles. The Morgan fingerprint density at radius 3 is 2.71 bits per heavy atom. The van der Waals surface area contributed by atoms with Crippen molar-refractivity contribution in [1.82, 2.24) is 5.32 Å². The third kappa shape index (κ3) is 4.56. The van der Waals surface area contributed by atoms with E-state index in [9.17, 15) is 5.11 Å². The lowest BCUT2D eigenvalue weighted by Crippen LogP contribution is -2.33. The normalized spacial score (nSPS) is 22.1. The third-order valence-corrected chi connectivity index (χ3v) is 2.40. The van der Waals surface area contributed by atoms with Crippen LogP contribution in [0.1, 0.15) is 41.8 Å². The molecule has 0 aliphatic rings. The summed E-state index contributed by atoms with van der Waals surface area (Å²) in [5.74, 6) is 0. The zero-order valence-corrected chi connectivity index (χ0v) is 9.88. The molecule has 0 aliphatic heterocycles. The van der Waals surface area contributed by atoms with Gasteiger partial charge in [-0.15, -0.1) is 0 Å². The second kappa shape index (κ2) is 7.83. The molecule has 0 aromatic heterocycles. The van der Waals surface area contributed by atoms with Gasteiger partial charge in [-0.3, -0.25) is 5.32 Å². The van der Waals surface area contributed by atoms with Gasteiger partial charge in [0.05, 0.1) is 24.8 Å². The standard InChI is InChI=1S/C14H20N2O/c1-2-3-9-13(10-15)16-14(11-17)12-7-5-4-6-8-12/h4-8,13-14,16-17H,2-3,9,11H2,1H3/t13-,14-/m0/s1/i2D,3D,9D/t2-,3+,9-,13+,14+/m1. The molecule has 0 bridgehead atoms. The molecule has 0 aliphatic carbocycles. The predicted octanol–water partition coefficient (Wildman–Crippen LogP) is 2.39. The van der Waals surface area contributed by atoms with Gasteiger partial charge in [0.1, 0.15) is 0 Å². The topological polar surface area (TPSA) is 56.0 Å². The first-order valence-corrected chi connectivity index (χ1v) is 5.59. The van der Waals surface area contributed by atoms with Crippen molar-refractivity contribution in [2.24, 2.45) is 0 Å². The number of aliphatic hydroxyl groups excluding tert-OH is 1. The molecule has 5 atom stereocenters. The first-order valence-electron chi connectivity index (χ1n) is 7.32. The monoisotopic (exact) mass is 235 g/mol. The Bertz CT molecular complexity index is 436. The maximum atomic E-state index is 9.44. The van der Waals surface area contributed by atoms with Crippen LogP contribution in [0.15, 0.2) is 30.3 Å². The number of nitriles is 1. The van der Waals surface area contributed by atoms with Gasteiger partial charge in [0, 0.05) is 4.11 Å². The number of rotatable bonds is 7. The Morgan fingerprint density at radius 2 is 2.18 bits per heavy atom. The van der Waals surface area contributed by atoms with Crippen LogP contribution in [0.4, 0.5) is 0 Å². The number of aliphatic hydroxyl groups is 1. The van der Waals surface area contributed by atoms with Crippen LogP contribution >= 0.6 is 0 Å². The minimum absolute atomic E-state index is 0.200. The number of nitrogens with one attached hydrogen (secondary N) is 1.